The van der Waals surface area contributed by atoms with Crippen molar-refractivity contribution in [2.75, 3.05) is 5.01 Å². The van der Waals surface area contributed by atoms with E-state index in [1.54, 1.807) is 6.21 Å². The highest BCUT2D eigenvalue weighted by atomic mass is 15.4. The van der Waals surface area contributed by atoms with Crippen molar-refractivity contribution in [3.63, 3.8) is 0 Å². The third kappa shape index (κ3) is 2.84. The Morgan fingerprint density at radius 3 is 2.65 bits per heavy atom. The first-order chi connectivity index (χ1) is 8.07. The van der Waals surface area contributed by atoms with Gasteiger partial charge >= 0.3 is 0 Å². The number of anilines is 1. The van der Waals surface area contributed by atoms with Crippen LogP contribution in [0.15, 0.2) is 53.8 Å². The number of rotatable bonds is 1. The number of nitrogens with zero attached hydrogens (tertiary/aromatic N) is 2. The molecule has 0 fully saturated rings. The minimum atomic E-state index is 0.160. The quantitative estimate of drug-likeness (QED) is 0.710. The third-order valence-corrected chi connectivity index (χ3v) is 2.70. The van der Waals surface area contributed by atoms with Gasteiger partial charge in [-0.3, -0.25) is 0 Å². The van der Waals surface area contributed by atoms with Crippen molar-refractivity contribution in [1.29, 1.82) is 0 Å². The van der Waals surface area contributed by atoms with Crippen LogP contribution in [0.5, 0.6) is 0 Å². The number of hydrogen-bond donors (Lipinski definition) is 0. The number of benzene rings is 1. The Morgan fingerprint density at radius 2 is 1.88 bits per heavy atom. The molecule has 1 aromatic rings. The van der Waals surface area contributed by atoms with Crippen molar-refractivity contribution in [1.82, 2.24) is 0 Å². The maximum absolute atomic E-state index is 4.35. The number of allylic oxidation sites excluding steroid dienone is 3. The van der Waals surface area contributed by atoms with Gasteiger partial charge in [-0.1, -0.05) is 39.0 Å². The Balaban J connectivity index is 2.34. The van der Waals surface area contributed by atoms with Gasteiger partial charge < -0.3 is 0 Å². The molecular formula is C15H18N2. The van der Waals surface area contributed by atoms with Crippen LogP contribution >= 0.6 is 0 Å². The largest absolute Gasteiger partial charge is 0.241 e. The summed E-state index contributed by atoms with van der Waals surface area (Å²) in [6.45, 7) is 6.65. The average Bonchev–Trinajstić information content (AvgIpc) is 2.56. The molecule has 0 atom stereocenters. The van der Waals surface area contributed by atoms with Crippen LogP contribution in [0.4, 0.5) is 5.69 Å². The van der Waals surface area contributed by atoms with Gasteiger partial charge in [-0.05, 0) is 35.3 Å². The molecule has 0 spiro atoms. The summed E-state index contributed by atoms with van der Waals surface area (Å²) in [7, 11) is 0. The van der Waals surface area contributed by atoms with Crippen LogP contribution in [0.1, 0.15) is 26.3 Å². The van der Waals surface area contributed by atoms with E-state index in [9.17, 15) is 0 Å². The smallest absolute Gasteiger partial charge is 0.0648 e. The Morgan fingerprint density at radius 1 is 1.06 bits per heavy atom. The van der Waals surface area contributed by atoms with Gasteiger partial charge in [0.05, 0.1) is 5.69 Å². The fourth-order valence-corrected chi connectivity index (χ4v) is 1.66. The lowest BCUT2D eigenvalue weighted by atomic mass is 9.87. The van der Waals surface area contributed by atoms with Gasteiger partial charge in [0.25, 0.3) is 0 Å². The first kappa shape index (κ1) is 11.6. The summed E-state index contributed by atoms with van der Waals surface area (Å²) in [5.74, 6) is 0. The molecule has 0 N–H and O–H groups in total. The Hall–Kier alpha value is -1.83. The van der Waals surface area contributed by atoms with E-state index in [0.29, 0.717) is 0 Å². The van der Waals surface area contributed by atoms with Crippen LogP contribution in [-0.2, 0) is 5.41 Å². The fourth-order valence-electron chi connectivity index (χ4n) is 1.66. The van der Waals surface area contributed by atoms with Crippen LogP contribution < -0.4 is 5.01 Å². The van der Waals surface area contributed by atoms with Crippen molar-refractivity contribution in [3.8, 4) is 0 Å². The van der Waals surface area contributed by atoms with E-state index < -0.39 is 0 Å². The van der Waals surface area contributed by atoms with Crippen LogP contribution in [0, 0.1) is 0 Å². The van der Waals surface area contributed by atoms with Crippen molar-refractivity contribution >= 4 is 11.9 Å². The molecule has 0 unspecified atom stereocenters. The minimum absolute atomic E-state index is 0.160. The van der Waals surface area contributed by atoms with Gasteiger partial charge in [0.2, 0.25) is 0 Å². The summed E-state index contributed by atoms with van der Waals surface area (Å²) in [6, 6.07) is 8.50. The van der Waals surface area contributed by atoms with E-state index in [0.717, 1.165) is 5.69 Å². The monoisotopic (exact) mass is 226 g/mol. The standard InChI is InChI=1S/C15H18N2/c1-15(2,3)13-8-7-9-14(12-13)17-11-6-4-5-10-16-17/h4-12H,1-3H3. The molecule has 2 heteroatoms. The van der Waals surface area contributed by atoms with Gasteiger partial charge in [-0.25, -0.2) is 5.01 Å². The summed E-state index contributed by atoms with van der Waals surface area (Å²) in [4.78, 5) is 0. The SMILES string of the molecule is CC(C)(C)c1cccc(N2C=CC=CC=N2)c1. The zero-order chi connectivity index (χ0) is 12.3. The predicted octanol–water partition coefficient (Wildman–Crippen LogP) is 3.86. The molecule has 0 amide bonds. The Labute approximate surface area is 103 Å². The van der Waals surface area contributed by atoms with E-state index in [2.05, 4.69) is 50.1 Å². The number of hydrazone groups is 1. The molecular weight excluding hydrogens is 208 g/mol. The Bertz CT molecular complexity index is 460. The van der Waals surface area contributed by atoms with Crippen LogP contribution in [-0.4, -0.2) is 6.21 Å². The lowest BCUT2D eigenvalue weighted by Crippen LogP contribution is -2.13. The molecule has 2 rings (SSSR count). The topological polar surface area (TPSA) is 15.6 Å². The van der Waals surface area contributed by atoms with Crippen LogP contribution in [0.3, 0.4) is 0 Å². The lowest BCUT2D eigenvalue weighted by molar-refractivity contribution is 0.590. The lowest BCUT2D eigenvalue weighted by Gasteiger charge is -2.21. The van der Waals surface area contributed by atoms with Gasteiger partial charge in [-0.15, -0.1) is 0 Å². The molecule has 0 saturated carbocycles. The molecule has 0 saturated heterocycles. The first-order valence-corrected chi connectivity index (χ1v) is 5.84. The minimum Gasteiger partial charge on any atom is -0.241 e. The highest BCUT2D eigenvalue weighted by Crippen LogP contribution is 2.26. The fraction of sp³-hybridized carbons (Fsp3) is 0.267. The molecule has 1 aromatic carbocycles. The van der Waals surface area contributed by atoms with Crippen LogP contribution in [0.25, 0.3) is 0 Å². The second-order valence-electron chi connectivity index (χ2n) is 5.14. The van der Waals surface area contributed by atoms with Gasteiger partial charge in [0.15, 0.2) is 0 Å². The zero-order valence-electron chi connectivity index (χ0n) is 10.6. The molecule has 0 bridgehead atoms. The van der Waals surface area contributed by atoms with E-state index in [-0.39, 0.29) is 5.41 Å². The molecule has 1 heterocycles. The van der Waals surface area contributed by atoms with Gasteiger partial charge in [-0.2, -0.15) is 5.10 Å². The molecule has 0 aliphatic carbocycles. The summed E-state index contributed by atoms with van der Waals surface area (Å²) in [5.41, 5.74) is 2.57. The highest BCUT2D eigenvalue weighted by Gasteiger charge is 2.14. The third-order valence-electron chi connectivity index (χ3n) is 2.70. The van der Waals surface area contributed by atoms with E-state index in [4.69, 9.17) is 0 Å². The van der Waals surface area contributed by atoms with Crippen LogP contribution in [0.2, 0.25) is 0 Å². The highest BCUT2D eigenvalue weighted by molar-refractivity contribution is 5.74. The summed E-state index contributed by atoms with van der Waals surface area (Å²) >= 11 is 0. The van der Waals surface area contributed by atoms with Gasteiger partial charge in [0.1, 0.15) is 0 Å². The molecule has 88 valence electrons. The molecule has 17 heavy (non-hydrogen) atoms. The van der Waals surface area contributed by atoms with Gasteiger partial charge in [0, 0.05) is 12.4 Å². The molecule has 1 aliphatic heterocycles. The van der Waals surface area contributed by atoms with E-state index >= 15 is 0 Å². The maximum atomic E-state index is 4.35. The summed E-state index contributed by atoms with van der Waals surface area (Å²) in [6.07, 6.45) is 9.63. The summed E-state index contributed by atoms with van der Waals surface area (Å²) in [5, 5.41) is 6.24. The number of hydrogen-bond acceptors (Lipinski definition) is 2. The molecule has 0 aromatic heterocycles. The summed E-state index contributed by atoms with van der Waals surface area (Å²) < 4.78 is 0. The molecule has 2 nitrogen and oxygen atoms in total. The molecule has 1 aliphatic rings. The second-order valence-corrected chi connectivity index (χ2v) is 5.14. The van der Waals surface area contributed by atoms with Crippen molar-refractivity contribution in [3.05, 3.63) is 54.3 Å². The second kappa shape index (κ2) is 4.58. The maximum Gasteiger partial charge on any atom is 0.0648 e. The van der Waals surface area contributed by atoms with Crippen molar-refractivity contribution in [2.24, 2.45) is 5.10 Å². The first-order valence-electron chi connectivity index (χ1n) is 5.84. The van der Waals surface area contributed by atoms with E-state index in [1.807, 2.05) is 29.4 Å². The predicted molar refractivity (Wildman–Crippen MR) is 74.4 cm³/mol. The van der Waals surface area contributed by atoms with Crippen molar-refractivity contribution < 1.29 is 0 Å². The normalized spacial score (nSPS) is 15.1. The van der Waals surface area contributed by atoms with Crippen molar-refractivity contribution in [2.45, 2.75) is 26.2 Å². The average molecular weight is 226 g/mol. The van der Waals surface area contributed by atoms with E-state index in [1.165, 1.54) is 5.56 Å². The molecule has 0 radical (unpaired) electrons. The Kier molecular flexibility index (Phi) is 3.14. The zero-order valence-corrected chi connectivity index (χ0v) is 10.6.